The van der Waals surface area contributed by atoms with Gasteiger partial charge in [0.1, 0.15) is 5.75 Å². The topological polar surface area (TPSA) is 59.1 Å². The highest BCUT2D eigenvalue weighted by Crippen LogP contribution is 2.34. The van der Waals surface area contributed by atoms with Crippen molar-refractivity contribution in [1.82, 2.24) is 14.9 Å². The van der Waals surface area contributed by atoms with Crippen molar-refractivity contribution in [3.63, 3.8) is 0 Å². The van der Waals surface area contributed by atoms with Crippen molar-refractivity contribution in [3.05, 3.63) is 69.3 Å². The fraction of sp³-hybridized carbons (Fsp3) is 0.348. The second kappa shape index (κ2) is 7.58. The highest BCUT2D eigenvalue weighted by molar-refractivity contribution is 5.95. The number of rotatable bonds is 6. The molecule has 2 aromatic heterocycles. The van der Waals surface area contributed by atoms with Crippen LogP contribution in [0.25, 0.3) is 16.6 Å². The number of benzene rings is 1. The maximum atomic E-state index is 12.3. The number of aromatic amines is 1. The van der Waals surface area contributed by atoms with E-state index in [1.54, 1.807) is 7.11 Å². The number of hydrogen-bond acceptors (Lipinski definition) is 3. The van der Waals surface area contributed by atoms with Gasteiger partial charge in [0.25, 0.3) is 5.56 Å². The third-order valence-electron chi connectivity index (χ3n) is 5.19. The number of hydrogen-bond donors (Lipinski definition) is 2. The van der Waals surface area contributed by atoms with Crippen molar-refractivity contribution in [2.45, 2.75) is 47.2 Å². The lowest BCUT2D eigenvalue weighted by atomic mass is 10.0. The van der Waals surface area contributed by atoms with Crippen LogP contribution in [0.5, 0.6) is 5.75 Å². The van der Waals surface area contributed by atoms with Crippen LogP contribution in [-0.2, 0) is 6.54 Å². The van der Waals surface area contributed by atoms with Crippen molar-refractivity contribution in [3.8, 4) is 5.75 Å². The van der Waals surface area contributed by atoms with E-state index in [1.807, 2.05) is 26.0 Å². The number of H-pyrrole nitrogens is 1. The van der Waals surface area contributed by atoms with Crippen LogP contribution >= 0.6 is 0 Å². The Morgan fingerprint density at radius 3 is 2.54 bits per heavy atom. The molecule has 3 rings (SSSR count). The number of nitrogens with one attached hydrogen (secondary N) is 2. The van der Waals surface area contributed by atoms with E-state index >= 15 is 0 Å². The largest absolute Gasteiger partial charge is 0.497 e. The molecule has 5 heteroatoms. The lowest BCUT2D eigenvalue weighted by molar-refractivity contribution is 0.415. The minimum atomic E-state index is -0.0595. The lowest BCUT2D eigenvalue weighted by Crippen LogP contribution is -2.22. The van der Waals surface area contributed by atoms with E-state index in [0.29, 0.717) is 12.6 Å². The van der Waals surface area contributed by atoms with E-state index in [0.717, 1.165) is 44.7 Å². The molecule has 0 aliphatic heterocycles. The summed E-state index contributed by atoms with van der Waals surface area (Å²) in [6.45, 7) is 15.0. The minimum absolute atomic E-state index is 0.0595. The standard InChI is InChI=1S/C23H29N3O2/c1-13(2)26-12-15(4)22-19(9-18(28-7)10-21(22)26)17(6)24-11-20-14(3)8-16(5)25-23(20)27/h8-10,12-13,24H,6,11H2,1-5,7H3,(H,25,27). The summed E-state index contributed by atoms with van der Waals surface area (Å²) < 4.78 is 7.78. The van der Waals surface area contributed by atoms with Gasteiger partial charge in [0.2, 0.25) is 0 Å². The van der Waals surface area contributed by atoms with E-state index in [-0.39, 0.29) is 5.56 Å². The van der Waals surface area contributed by atoms with Gasteiger partial charge in [-0.25, -0.2) is 0 Å². The summed E-state index contributed by atoms with van der Waals surface area (Å²) >= 11 is 0. The summed E-state index contributed by atoms with van der Waals surface area (Å²) in [5.74, 6) is 0.787. The molecular weight excluding hydrogens is 350 g/mol. The Bertz CT molecular complexity index is 1100. The Morgan fingerprint density at radius 1 is 1.21 bits per heavy atom. The van der Waals surface area contributed by atoms with Crippen LogP contribution in [-0.4, -0.2) is 16.7 Å². The first kappa shape index (κ1) is 19.8. The van der Waals surface area contributed by atoms with E-state index in [4.69, 9.17) is 4.74 Å². The summed E-state index contributed by atoms with van der Waals surface area (Å²) in [5.41, 5.74) is 6.57. The van der Waals surface area contributed by atoms with Gasteiger partial charge in [-0.3, -0.25) is 4.79 Å². The first-order valence-electron chi connectivity index (χ1n) is 9.54. The van der Waals surface area contributed by atoms with Crippen LogP contribution < -0.4 is 15.6 Å². The van der Waals surface area contributed by atoms with Crippen molar-refractivity contribution in [1.29, 1.82) is 0 Å². The van der Waals surface area contributed by atoms with Crippen LogP contribution in [0.1, 0.15) is 47.8 Å². The first-order valence-corrected chi connectivity index (χ1v) is 9.54. The van der Waals surface area contributed by atoms with Gasteiger partial charge >= 0.3 is 0 Å². The fourth-order valence-electron chi connectivity index (χ4n) is 3.74. The lowest BCUT2D eigenvalue weighted by Gasteiger charge is -2.16. The van der Waals surface area contributed by atoms with E-state index in [2.05, 4.69) is 54.5 Å². The van der Waals surface area contributed by atoms with Gasteiger partial charge in [-0.1, -0.05) is 6.58 Å². The predicted octanol–water partition coefficient (Wildman–Crippen LogP) is 4.60. The molecule has 0 radical (unpaired) electrons. The van der Waals surface area contributed by atoms with Crippen LogP contribution in [0.15, 0.2) is 35.8 Å². The van der Waals surface area contributed by atoms with E-state index in [1.165, 1.54) is 5.56 Å². The Balaban J connectivity index is 2.01. The number of ether oxygens (including phenoxy) is 1. The zero-order chi connectivity index (χ0) is 20.6. The molecule has 0 spiro atoms. The van der Waals surface area contributed by atoms with Crippen molar-refractivity contribution in [2.75, 3.05) is 7.11 Å². The number of pyridine rings is 1. The summed E-state index contributed by atoms with van der Waals surface area (Å²) in [5, 5.41) is 4.50. The van der Waals surface area contributed by atoms with Gasteiger partial charge in [0.05, 0.1) is 12.6 Å². The zero-order valence-corrected chi connectivity index (χ0v) is 17.6. The molecule has 28 heavy (non-hydrogen) atoms. The van der Waals surface area contributed by atoms with Gasteiger partial charge in [-0.05, 0) is 57.9 Å². The smallest absolute Gasteiger partial charge is 0.253 e. The number of aromatic nitrogens is 2. The van der Waals surface area contributed by atoms with Crippen molar-refractivity contribution in [2.24, 2.45) is 0 Å². The molecule has 2 N–H and O–H groups in total. The summed E-state index contributed by atoms with van der Waals surface area (Å²) in [4.78, 5) is 15.2. The molecule has 0 saturated carbocycles. The van der Waals surface area contributed by atoms with Gasteiger partial charge in [-0.15, -0.1) is 0 Å². The molecule has 0 aliphatic rings. The van der Waals surface area contributed by atoms with E-state index < -0.39 is 0 Å². The van der Waals surface area contributed by atoms with Crippen LogP contribution in [0.3, 0.4) is 0 Å². The van der Waals surface area contributed by atoms with Crippen molar-refractivity contribution < 1.29 is 4.74 Å². The van der Waals surface area contributed by atoms with E-state index in [9.17, 15) is 4.79 Å². The monoisotopic (exact) mass is 379 g/mol. The number of methoxy groups -OCH3 is 1. The van der Waals surface area contributed by atoms with Crippen LogP contribution in [0.4, 0.5) is 0 Å². The third kappa shape index (κ3) is 3.57. The molecule has 1 aromatic carbocycles. The molecule has 2 heterocycles. The first-order chi connectivity index (χ1) is 13.2. The molecule has 0 saturated heterocycles. The molecule has 0 fully saturated rings. The normalized spacial score (nSPS) is 11.2. The second-order valence-electron chi connectivity index (χ2n) is 7.66. The summed E-state index contributed by atoms with van der Waals surface area (Å²) in [7, 11) is 1.67. The number of fused-ring (bicyclic) bond motifs is 1. The van der Waals surface area contributed by atoms with Crippen molar-refractivity contribution >= 4 is 16.6 Å². The maximum Gasteiger partial charge on any atom is 0.253 e. The Kier molecular flexibility index (Phi) is 5.36. The number of nitrogens with zero attached hydrogens (tertiary/aromatic N) is 1. The molecule has 0 amide bonds. The van der Waals surface area contributed by atoms with Gasteiger partial charge in [0, 0.05) is 52.8 Å². The zero-order valence-electron chi connectivity index (χ0n) is 17.6. The van der Waals surface area contributed by atoms with Crippen LogP contribution in [0, 0.1) is 20.8 Å². The molecule has 0 unspecified atom stereocenters. The highest BCUT2D eigenvalue weighted by Gasteiger charge is 2.16. The fourth-order valence-corrected chi connectivity index (χ4v) is 3.74. The Hall–Kier alpha value is -2.95. The highest BCUT2D eigenvalue weighted by atomic mass is 16.5. The maximum absolute atomic E-state index is 12.3. The molecule has 0 atom stereocenters. The minimum Gasteiger partial charge on any atom is -0.497 e. The molecule has 0 bridgehead atoms. The SMILES string of the molecule is C=C(NCc1c(C)cc(C)[nH]c1=O)c1cc(OC)cc2c1c(C)cn2C(C)C. The number of aryl methyl sites for hydroxylation is 3. The molecule has 5 nitrogen and oxygen atoms in total. The van der Waals surface area contributed by atoms with Gasteiger partial charge in [0.15, 0.2) is 0 Å². The third-order valence-corrected chi connectivity index (χ3v) is 5.19. The Morgan fingerprint density at radius 2 is 1.93 bits per heavy atom. The summed E-state index contributed by atoms with van der Waals surface area (Å²) in [6, 6.07) is 6.39. The average Bonchev–Trinajstić information content (AvgIpc) is 2.96. The molecule has 0 aliphatic carbocycles. The van der Waals surface area contributed by atoms with Gasteiger partial charge < -0.3 is 19.6 Å². The van der Waals surface area contributed by atoms with Gasteiger partial charge in [-0.2, -0.15) is 0 Å². The second-order valence-corrected chi connectivity index (χ2v) is 7.66. The Labute approximate surface area is 166 Å². The molecule has 148 valence electrons. The predicted molar refractivity (Wildman–Crippen MR) is 116 cm³/mol. The average molecular weight is 380 g/mol. The van der Waals surface area contributed by atoms with Crippen LogP contribution in [0.2, 0.25) is 0 Å². The summed E-state index contributed by atoms with van der Waals surface area (Å²) in [6.07, 6.45) is 2.17. The molecule has 3 aromatic rings. The molecular formula is C23H29N3O2. The quantitative estimate of drug-likeness (QED) is 0.658.